The normalized spacial score (nSPS) is 19.8. The lowest BCUT2D eigenvalue weighted by molar-refractivity contribution is -0.126. The van der Waals surface area contributed by atoms with Gasteiger partial charge in [0, 0.05) is 37.6 Å². The Kier molecular flexibility index (Phi) is 4.17. The van der Waals surface area contributed by atoms with E-state index in [0.29, 0.717) is 37.8 Å². The number of aromatic amines is 1. The van der Waals surface area contributed by atoms with Gasteiger partial charge in [0.25, 0.3) is 5.91 Å². The van der Waals surface area contributed by atoms with Gasteiger partial charge in [-0.2, -0.15) is 5.10 Å². The van der Waals surface area contributed by atoms with Gasteiger partial charge in [-0.3, -0.25) is 19.6 Å². The number of aromatic nitrogens is 2. The van der Waals surface area contributed by atoms with Crippen LogP contribution in [0.25, 0.3) is 10.9 Å². The molecule has 1 aliphatic heterocycles. The number of nitrogens with zero attached hydrogens (tertiary/aromatic N) is 3. The Bertz CT molecular complexity index is 790. The van der Waals surface area contributed by atoms with E-state index in [1.165, 1.54) is 0 Å². The predicted octanol–water partition coefficient (Wildman–Crippen LogP) is 0.988. The largest absolute Gasteiger partial charge is 0.352 e. The first kappa shape index (κ1) is 16.1. The second-order valence-corrected chi connectivity index (χ2v) is 6.93. The molecule has 0 bridgehead atoms. The van der Waals surface area contributed by atoms with Crippen molar-refractivity contribution in [3.05, 3.63) is 30.0 Å². The first-order valence-electron chi connectivity index (χ1n) is 8.89. The molecule has 25 heavy (non-hydrogen) atoms. The van der Waals surface area contributed by atoms with Crippen molar-refractivity contribution in [3.8, 4) is 0 Å². The average Bonchev–Trinajstić information content (AvgIpc) is 3.32. The number of H-pyrrole nitrogens is 1. The van der Waals surface area contributed by atoms with Crippen LogP contribution in [0.5, 0.6) is 0 Å². The van der Waals surface area contributed by atoms with Gasteiger partial charge in [0.1, 0.15) is 0 Å². The minimum absolute atomic E-state index is 0.0181. The second kappa shape index (κ2) is 6.48. The van der Waals surface area contributed by atoms with Crippen molar-refractivity contribution in [1.82, 2.24) is 25.3 Å². The van der Waals surface area contributed by atoms with Crippen molar-refractivity contribution in [3.63, 3.8) is 0 Å². The molecule has 1 atom stereocenters. The molecule has 1 saturated heterocycles. The SMILES string of the molecule is CC(C(=O)NC1CC1)N1CCN(C(=O)c2cccc3cn[nH]c23)CC1. The summed E-state index contributed by atoms with van der Waals surface area (Å²) in [4.78, 5) is 29.1. The Balaban J connectivity index is 1.38. The van der Waals surface area contributed by atoms with Crippen LogP contribution in [0, 0.1) is 0 Å². The van der Waals surface area contributed by atoms with Crippen LogP contribution < -0.4 is 5.32 Å². The van der Waals surface area contributed by atoms with E-state index in [0.717, 1.165) is 23.7 Å². The number of para-hydroxylation sites is 1. The molecule has 2 aliphatic rings. The number of benzene rings is 1. The summed E-state index contributed by atoms with van der Waals surface area (Å²) in [6, 6.07) is 5.89. The summed E-state index contributed by atoms with van der Waals surface area (Å²) < 4.78 is 0. The van der Waals surface area contributed by atoms with Gasteiger partial charge in [-0.25, -0.2) is 0 Å². The first-order valence-corrected chi connectivity index (χ1v) is 8.89. The lowest BCUT2D eigenvalue weighted by Crippen LogP contribution is -2.55. The number of hydrogen-bond donors (Lipinski definition) is 2. The van der Waals surface area contributed by atoms with Crippen LogP contribution in [-0.2, 0) is 4.79 Å². The Morgan fingerprint density at radius 2 is 2.00 bits per heavy atom. The molecular formula is C18H23N5O2. The molecular weight excluding hydrogens is 318 g/mol. The van der Waals surface area contributed by atoms with Gasteiger partial charge >= 0.3 is 0 Å². The fraction of sp³-hybridized carbons (Fsp3) is 0.500. The molecule has 0 radical (unpaired) electrons. The van der Waals surface area contributed by atoms with E-state index in [9.17, 15) is 9.59 Å². The maximum atomic E-state index is 12.9. The van der Waals surface area contributed by atoms with Crippen LogP contribution in [0.4, 0.5) is 0 Å². The maximum absolute atomic E-state index is 12.9. The van der Waals surface area contributed by atoms with Crippen LogP contribution in [0.1, 0.15) is 30.1 Å². The molecule has 0 spiro atoms. The van der Waals surface area contributed by atoms with Gasteiger partial charge in [0.05, 0.1) is 23.3 Å². The number of piperazine rings is 1. The van der Waals surface area contributed by atoms with Crippen molar-refractivity contribution < 1.29 is 9.59 Å². The minimum atomic E-state index is -0.145. The van der Waals surface area contributed by atoms with Gasteiger partial charge in [0.2, 0.25) is 5.91 Å². The number of fused-ring (bicyclic) bond motifs is 1. The van der Waals surface area contributed by atoms with Gasteiger partial charge in [-0.05, 0) is 25.8 Å². The average molecular weight is 341 g/mol. The zero-order valence-corrected chi connectivity index (χ0v) is 14.4. The summed E-state index contributed by atoms with van der Waals surface area (Å²) in [5, 5.41) is 10.9. The number of nitrogens with one attached hydrogen (secondary N) is 2. The molecule has 7 nitrogen and oxygen atoms in total. The Labute approximate surface area is 146 Å². The molecule has 2 N–H and O–H groups in total. The van der Waals surface area contributed by atoms with E-state index in [1.807, 2.05) is 30.0 Å². The highest BCUT2D eigenvalue weighted by Crippen LogP contribution is 2.20. The van der Waals surface area contributed by atoms with E-state index in [2.05, 4.69) is 20.4 Å². The third-order valence-electron chi connectivity index (χ3n) is 5.16. The van der Waals surface area contributed by atoms with E-state index in [1.54, 1.807) is 6.20 Å². The summed E-state index contributed by atoms with van der Waals surface area (Å²) in [5.41, 5.74) is 1.44. The van der Waals surface area contributed by atoms with Gasteiger partial charge < -0.3 is 10.2 Å². The number of hydrogen-bond acceptors (Lipinski definition) is 4. The monoisotopic (exact) mass is 341 g/mol. The number of rotatable bonds is 4. The summed E-state index contributed by atoms with van der Waals surface area (Å²) in [6.07, 6.45) is 3.92. The molecule has 132 valence electrons. The Hall–Kier alpha value is -2.41. The zero-order valence-electron chi connectivity index (χ0n) is 14.4. The molecule has 2 fully saturated rings. The lowest BCUT2D eigenvalue weighted by Gasteiger charge is -2.37. The summed E-state index contributed by atoms with van der Waals surface area (Å²) >= 11 is 0. The van der Waals surface area contributed by atoms with E-state index in [-0.39, 0.29) is 17.9 Å². The van der Waals surface area contributed by atoms with Gasteiger partial charge in [-0.1, -0.05) is 12.1 Å². The standard InChI is InChI=1S/C18H23N5O2/c1-12(17(24)20-14-5-6-14)22-7-9-23(10-8-22)18(25)15-4-2-3-13-11-19-21-16(13)15/h2-4,11-12,14H,5-10H2,1H3,(H,19,21)(H,20,24). The van der Waals surface area contributed by atoms with E-state index in [4.69, 9.17) is 0 Å². The number of carbonyl (C=O) groups is 2. The molecule has 2 heterocycles. The predicted molar refractivity (Wildman–Crippen MR) is 94.2 cm³/mol. The van der Waals surface area contributed by atoms with E-state index >= 15 is 0 Å². The highest BCUT2D eigenvalue weighted by Gasteiger charge is 2.31. The Morgan fingerprint density at radius 3 is 2.72 bits per heavy atom. The van der Waals surface area contributed by atoms with Crippen LogP contribution in [0.15, 0.2) is 24.4 Å². The topological polar surface area (TPSA) is 81.3 Å². The summed E-state index contributed by atoms with van der Waals surface area (Å²) in [6.45, 7) is 4.63. The Morgan fingerprint density at radius 1 is 1.24 bits per heavy atom. The fourth-order valence-corrected chi connectivity index (χ4v) is 3.35. The minimum Gasteiger partial charge on any atom is -0.352 e. The molecule has 1 unspecified atom stereocenters. The van der Waals surface area contributed by atoms with Crippen molar-refractivity contribution >= 4 is 22.7 Å². The van der Waals surface area contributed by atoms with Crippen molar-refractivity contribution in [2.24, 2.45) is 0 Å². The maximum Gasteiger partial charge on any atom is 0.256 e. The highest BCUT2D eigenvalue weighted by atomic mass is 16.2. The fourth-order valence-electron chi connectivity index (χ4n) is 3.35. The zero-order chi connectivity index (χ0) is 17.4. The van der Waals surface area contributed by atoms with Gasteiger partial charge in [0.15, 0.2) is 0 Å². The quantitative estimate of drug-likeness (QED) is 0.869. The van der Waals surface area contributed by atoms with Crippen molar-refractivity contribution in [2.75, 3.05) is 26.2 Å². The third-order valence-corrected chi connectivity index (χ3v) is 5.16. The van der Waals surface area contributed by atoms with Crippen molar-refractivity contribution in [1.29, 1.82) is 0 Å². The number of amides is 2. The molecule has 7 heteroatoms. The molecule has 1 aromatic heterocycles. The summed E-state index contributed by atoms with van der Waals surface area (Å²) in [5.74, 6) is 0.120. The van der Waals surface area contributed by atoms with Crippen LogP contribution in [0.2, 0.25) is 0 Å². The molecule has 2 aromatic rings. The first-order chi connectivity index (χ1) is 12.1. The smallest absolute Gasteiger partial charge is 0.256 e. The third kappa shape index (κ3) is 3.24. The molecule has 4 rings (SSSR count). The van der Waals surface area contributed by atoms with Crippen LogP contribution in [-0.4, -0.2) is 70.1 Å². The number of carbonyl (C=O) groups excluding carboxylic acids is 2. The lowest BCUT2D eigenvalue weighted by atomic mass is 10.1. The molecule has 1 aromatic carbocycles. The highest BCUT2D eigenvalue weighted by molar-refractivity contribution is 6.05. The van der Waals surface area contributed by atoms with Crippen LogP contribution >= 0.6 is 0 Å². The second-order valence-electron chi connectivity index (χ2n) is 6.93. The molecule has 1 saturated carbocycles. The molecule has 1 aliphatic carbocycles. The van der Waals surface area contributed by atoms with Crippen molar-refractivity contribution in [2.45, 2.75) is 31.8 Å². The molecule has 2 amide bonds. The van der Waals surface area contributed by atoms with E-state index < -0.39 is 0 Å². The van der Waals surface area contributed by atoms with Crippen LogP contribution in [0.3, 0.4) is 0 Å². The summed E-state index contributed by atoms with van der Waals surface area (Å²) in [7, 11) is 0. The van der Waals surface area contributed by atoms with Gasteiger partial charge in [-0.15, -0.1) is 0 Å².